The van der Waals surface area contributed by atoms with E-state index in [4.69, 9.17) is 5.26 Å². The SMILES string of the molecule is CCOC(=O)[C@]1(C#N)C[C@H]1S(C)(=O)=O. The van der Waals surface area contributed by atoms with Crippen molar-refractivity contribution < 1.29 is 17.9 Å². The number of sulfone groups is 1. The summed E-state index contributed by atoms with van der Waals surface area (Å²) < 4.78 is 26.9. The fourth-order valence-electron chi connectivity index (χ4n) is 1.39. The summed E-state index contributed by atoms with van der Waals surface area (Å²) in [7, 11) is -3.34. The summed E-state index contributed by atoms with van der Waals surface area (Å²) in [6.45, 7) is 1.76. The molecule has 0 bridgehead atoms. The Labute approximate surface area is 82.6 Å². The lowest BCUT2D eigenvalue weighted by molar-refractivity contribution is -0.147. The molecule has 2 atom stereocenters. The molecule has 0 aromatic heterocycles. The molecule has 1 aliphatic rings. The van der Waals surface area contributed by atoms with E-state index in [0.29, 0.717) is 0 Å². The Morgan fingerprint density at radius 3 is 2.57 bits per heavy atom. The zero-order valence-corrected chi connectivity index (χ0v) is 8.80. The predicted molar refractivity (Wildman–Crippen MR) is 47.9 cm³/mol. The average molecular weight is 217 g/mol. The van der Waals surface area contributed by atoms with Gasteiger partial charge in [-0.05, 0) is 13.3 Å². The van der Waals surface area contributed by atoms with E-state index in [1.807, 2.05) is 0 Å². The van der Waals surface area contributed by atoms with Gasteiger partial charge in [0.05, 0.1) is 17.9 Å². The molecule has 0 saturated heterocycles. The molecular formula is C8H11NO4S. The fraction of sp³-hybridized carbons (Fsp3) is 0.750. The number of nitrogens with zero attached hydrogens (tertiary/aromatic N) is 1. The Hall–Kier alpha value is -1.09. The minimum absolute atomic E-state index is 0.0567. The lowest BCUT2D eigenvalue weighted by Crippen LogP contribution is -2.24. The van der Waals surface area contributed by atoms with Crippen LogP contribution >= 0.6 is 0 Å². The van der Waals surface area contributed by atoms with E-state index < -0.39 is 26.5 Å². The highest BCUT2D eigenvalue weighted by Gasteiger charge is 2.67. The molecule has 0 amide bonds. The summed E-state index contributed by atoms with van der Waals surface area (Å²) in [4.78, 5) is 11.3. The Morgan fingerprint density at radius 1 is 1.71 bits per heavy atom. The third-order valence-corrected chi connectivity index (χ3v) is 3.86. The quantitative estimate of drug-likeness (QED) is 0.615. The van der Waals surface area contributed by atoms with Crippen LogP contribution in [0, 0.1) is 16.7 Å². The van der Waals surface area contributed by atoms with Gasteiger partial charge in [-0.3, -0.25) is 4.79 Å². The van der Waals surface area contributed by atoms with Crippen molar-refractivity contribution in [2.24, 2.45) is 5.41 Å². The molecule has 1 rings (SSSR count). The van der Waals surface area contributed by atoms with E-state index in [0.717, 1.165) is 6.26 Å². The summed E-state index contributed by atoms with van der Waals surface area (Å²) >= 11 is 0. The first kappa shape index (κ1) is 11.0. The molecule has 78 valence electrons. The molecule has 0 radical (unpaired) electrons. The molecule has 0 aromatic rings. The van der Waals surface area contributed by atoms with Crippen LogP contribution in [0.15, 0.2) is 0 Å². The van der Waals surface area contributed by atoms with Crippen molar-refractivity contribution in [3.05, 3.63) is 0 Å². The van der Waals surface area contributed by atoms with Crippen LogP contribution in [0.4, 0.5) is 0 Å². The lowest BCUT2D eigenvalue weighted by atomic mass is 10.1. The zero-order chi connectivity index (χ0) is 11.0. The van der Waals surface area contributed by atoms with Crippen LogP contribution < -0.4 is 0 Å². The molecule has 0 unspecified atom stereocenters. The molecule has 0 spiro atoms. The second kappa shape index (κ2) is 3.24. The highest BCUT2D eigenvalue weighted by molar-refractivity contribution is 7.91. The molecule has 1 saturated carbocycles. The molecule has 0 aromatic carbocycles. The van der Waals surface area contributed by atoms with Crippen LogP contribution in [-0.4, -0.2) is 32.5 Å². The number of esters is 1. The van der Waals surface area contributed by atoms with Gasteiger partial charge in [0, 0.05) is 6.26 Å². The summed E-state index contributed by atoms with van der Waals surface area (Å²) in [5.41, 5.74) is -1.44. The Balaban J connectivity index is 2.88. The van der Waals surface area contributed by atoms with Crippen LogP contribution in [0.1, 0.15) is 13.3 Å². The van der Waals surface area contributed by atoms with E-state index in [-0.39, 0.29) is 13.0 Å². The van der Waals surface area contributed by atoms with Gasteiger partial charge in [0.2, 0.25) is 0 Å². The normalized spacial score (nSPS) is 30.5. The molecule has 0 aliphatic heterocycles. The number of rotatable bonds is 3. The van der Waals surface area contributed by atoms with Crippen LogP contribution in [0.3, 0.4) is 0 Å². The maximum Gasteiger partial charge on any atom is 0.327 e. The number of carbonyl (C=O) groups is 1. The number of hydrogen-bond acceptors (Lipinski definition) is 5. The number of hydrogen-bond donors (Lipinski definition) is 0. The topological polar surface area (TPSA) is 84.2 Å². The maximum atomic E-state index is 11.3. The molecule has 0 N–H and O–H groups in total. The minimum Gasteiger partial charge on any atom is -0.465 e. The average Bonchev–Trinajstić information content (AvgIpc) is 2.79. The molecular weight excluding hydrogens is 206 g/mol. The lowest BCUT2D eigenvalue weighted by Gasteiger charge is -2.06. The predicted octanol–water partition coefficient (Wildman–Crippen LogP) is -0.124. The molecule has 1 fully saturated rings. The highest BCUT2D eigenvalue weighted by atomic mass is 32.2. The first-order chi connectivity index (χ1) is 6.38. The van der Waals surface area contributed by atoms with Crippen LogP contribution in [-0.2, 0) is 19.4 Å². The molecule has 1 aliphatic carbocycles. The van der Waals surface area contributed by atoms with Crippen molar-refractivity contribution in [2.45, 2.75) is 18.6 Å². The van der Waals surface area contributed by atoms with Gasteiger partial charge >= 0.3 is 5.97 Å². The van der Waals surface area contributed by atoms with Gasteiger partial charge in [-0.2, -0.15) is 5.26 Å². The molecule has 6 heteroatoms. The summed E-state index contributed by atoms with van der Waals surface area (Å²) in [5.74, 6) is -0.724. The summed E-state index contributed by atoms with van der Waals surface area (Å²) in [6, 6.07) is 1.74. The van der Waals surface area contributed by atoms with Crippen molar-refractivity contribution in [2.75, 3.05) is 12.9 Å². The standard InChI is InChI=1S/C8H11NO4S/c1-3-13-7(10)8(5-9)4-6(8)14(2,11)12/h6H,3-4H2,1-2H3/t6-,8+/m1/s1. The first-order valence-electron chi connectivity index (χ1n) is 4.16. The second-order valence-electron chi connectivity index (χ2n) is 3.33. The van der Waals surface area contributed by atoms with Gasteiger partial charge in [0.15, 0.2) is 15.3 Å². The van der Waals surface area contributed by atoms with Crippen molar-refractivity contribution >= 4 is 15.8 Å². The van der Waals surface area contributed by atoms with Crippen LogP contribution in [0.5, 0.6) is 0 Å². The molecule has 5 nitrogen and oxygen atoms in total. The number of nitriles is 1. The van der Waals surface area contributed by atoms with Crippen LogP contribution in [0.25, 0.3) is 0 Å². The van der Waals surface area contributed by atoms with E-state index in [9.17, 15) is 13.2 Å². The Kier molecular flexibility index (Phi) is 2.54. The van der Waals surface area contributed by atoms with Crippen molar-refractivity contribution in [3.8, 4) is 6.07 Å². The van der Waals surface area contributed by atoms with Gasteiger partial charge in [-0.25, -0.2) is 8.42 Å². The van der Waals surface area contributed by atoms with Gasteiger partial charge < -0.3 is 4.74 Å². The Bertz CT molecular complexity index is 394. The minimum atomic E-state index is -3.34. The summed E-state index contributed by atoms with van der Waals surface area (Å²) in [5, 5.41) is 7.88. The number of ether oxygens (including phenoxy) is 1. The van der Waals surface area contributed by atoms with E-state index in [2.05, 4.69) is 4.74 Å². The number of carbonyl (C=O) groups excluding carboxylic acids is 1. The van der Waals surface area contributed by atoms with Gasteiger partial charge in [0.25, 0.3) is 0 Å². The van der Waals surface area contributed by atoms with Crippen LogP contribution in [0.2, 0.25) is 0 Å². The van der Waals surface area contributed by atoms with Gasteiger partial charge in [-0.1, -0.05) is 0 Å². The second-order valence-corrected chi connectivity index (χ2v) is 5.55. The van der Waals surface area contributed by atoms with E-state index in [1.165, 1.54) is 0 Å². The maximum absolute atomic E-state index is 11.3. The summed E-state index contributed by atoms with van der Waals surface area (Å²) in [6.07, 6.45) is 1.08. The zero-order valence-electron chi connectivity index (χ0n) is 7.98. The first-order valence-corrected chi connectivity index (χ1v) is 6.11. The van der Waals surface area contributed by atoms with Gasteiger partial charge in [0.1, 0.15) is 0 Å². The van der Waals surface area contributed by atoms with Crippen molar-refractivity contribution in [1.29, 1.82) is 5.26 Å². The largest absolute Gasteiger partial charge is 0.465 e. The third kappa shape index (κ3) is 1.60. The smallest absolute Gasteiger partial charge is 0.327 e. The van der Waals surface area contributed by atoms with Gasteiger partial charge in [-0.15, -0.1) is 0 Å². The molecule has 14 heavy (non-hydrogen) atoms. The fourth-order valence-corrected chi connectivity index (χ4v) is 2.83. The highest BCUT2D eigenvalue weighted by Crippen LogP contribution is 2.50. The van der Waals surface area contributed by atoms with E-state index >= 15 is 0 Å². The van der Waals surface area contributed by atoms with Crippen molar-refractivity contribution in [3.63, 3.8) is 0 Å². The molecule has 0 heterocycles. The monoisotopic (exact) mass is 217 g/mol. The van der Waals surface area contributed by atoms with E-state index in [1.54, 1.807) is 13.0 Å². The third-order valence-electron chi connectivity index (χ3n) is 2.25. The Morgan fingerprint density at radius 2 is 2.29 bits per heavy atom. The van der Waals surface area contributed by atoms with Crippen molar-refractivity contribution in [1.82, 2.24) is 0 Å².